The molecule has 3 aliphatic rings. The summed E-state index contributed by atoms with van der Waals surface area (Å²) in [6.45, 7) is 2.59. The molecule has 5 atom stereocenters. The maximum Gasteiger partial charge on any atom is 0.529 e. The van der Waals surface area contributed by atoms with Crippen LogP contribution in [0.4, 0.5) is 5.69 Å². The lowest BCUT2D eigenvalue weighted by Crippen LogP contribution is -2.44. The molecule has 43 heavy (non-hydrogen) atoms. The van der Waals surface area contributed by atoms with Gasteiger partial charge >= 0.3 is 7.82 Å². The van der Waals surface area contributed by atoms with E-state index in [0.29, 0.717) is 23.5 Å². The summed E-state index contributed by atoms with van der Waals surface area (Å²) in [5, 5.41) is 13.1. The van der Waals surface area contributed by atoms with Gasteiger partial charge in [0.2, 0.25) is 5.91 Å². The molecular weight excluding hydrogens is 575 g/mol. The number of methoxy groups -OCH3 is 1. The summed E-state index contributed by atoms with van der Waals surface area (Å²) in [6.07, 6.45) is 6.30. The molecule has 11 nitrogen and oxygen atoms in total. The van der Waals surface area contributed by atoms with E-state index in [1.54, 1.807) is 0 Å². The Bertz CT molecular complexity index is 1420. The van der Waals surface area contributed by atoms with E-state index in [0.717, 1.165) is 38.5 Å². The van der Waals surface area contributed by atoms with Gasteiger partial charge in [0.25, 0.3) is 5.91 Å². The number of ether oxygens (including phenoxy) is 2. The summed E-state index contributed by atoms with van der Waals surface area (Å²) in [4.78, 5) is 24.4. The number of phosphoric acid groups is 1. The minimum absolute atomic E-state index is 0.0341. The number of benzene rings is 2. The van der Waals surface area contributed by atoms with Gasteiger partial charge in [0, 0.05) is 14.2 Å². The number of carbonyl (C=O) groups is 2. The number of anilines is 1. The first kappa shape index (κ1) is 31.3. The van der Waals surface area contributed by atoms with Gasteiger partial charge in [-0.25, -0.2) is 4.57 Å². The number of rotatable bonds is 11. The zero-order valence-electron chi connectivity index (χ0n) is 25.1. The number of nitrogens with two attached hydrogens (primary N) is 1. The normalized spacial score (nSPS) is 26.1. The van der Waals surface area contributed by atoms with Gasteiger partial charge in [0.05, 0.1) is 31.9 Å². The number of nitrogens with one attached hydrogen (secondary N) is 1. The third kappa shape index (κ3) is 6.00. The minimum atomic E-state index is -3.61. The standard InChI is InChI=1S/C31H41N2O9P/c1-31-15-13-21-20-8-6-19(42-43(37,39-3)40-4)17-18(20)5-7-22(21)23(31)9-12-26(31)41-16-14-27(34)33-24-10-11-25(38-2)28(29(24)35)30(32)36/h6,8,10-11,17,21-23,26,35H,5,7,9,12-16H2,1-4H3,(H2,32,36)(H,33,34). The van der Waals surface area contributed by atoms with Crippen molar-refractivity contribution in [3.8, 4) is 17.2 Å². The van der Waals surface area contributed by atoms with Gasteiger partial charge in [0.15, 0.2) is 5.75 Å². The molecular formula is C31H41N2O9P. The summed E-state index contributed by atoms with van der Waals surface area (Å²) < 4.78 is 39.3. The fraction of sp³-hybridized carbons (Fsp3) is 0.548. The number of fused-ring (bicyclic) bond motifs is 5. The van der Waals surface area contributed by atoms with Gasteiger partial charge < -0.3 is 30.2 Å². The average molecular weight is 617 g/mol. The van der Waals surface area contributed by atoms with Crippen LogP contribution < -0.4 is 20.3 Å². The summed E-state index contributed by atoms with van der Waals surface area (Å²) in [5.41, 5.74) is 7.89. The molecule has 0 aliphatic heterocycles. The lowest BCUT2D eigenvalue weighted by atomic mass is 9.55. The van der Waals surface area contributed by atoms with Crippen LogP contribution in [0.1, 0.15) is 72.9 Å². The van der Waals surface area contributed by atoms with Crippen molar-refractivity contribution in [2.24, 2.45) is 23.0 Å². The Morgan fingerprint density at radius 1 is 1.09 bits per heavy atom. The molecule has 5 rings (SSSR count). The SMILES string of the molecule is COc1ccc(NC(=O)CCOC2CCC3C4CCc5cc(OP(=O)(OC)OC)ccc5C4CCC23C)c(O)c1C(N)=O. The Kier molecular flexibility index (Phi) is 9.09. The van der Waals surface area contributed by atoms with Crippen LogP contribution in [0.3, 0.4) is 0 Å². The monoisotopic (exact) mass is 616 g/mol. The minimum Gasteiger partial charge on any atom is -0.505 e. The number of aryl methyl sites for hydroxylation is 1. The van der Waals surface area contributed by atoms with Crippen molar-refractivity contribution in [2.45, 2.75) is 63.9 Å². The number of carbonyl (C=O) groups excluding carboxylic acids is 2. The third-order valence-electron chi connectivity index (χ3n) is 9.80. The van der Waals surface area contributed by atoms with Crippen LogP contribution in [-0.4, -0.2) is 51.0 Å². The lowest BCUT2D eigenvalue weighted by molar-refractivity contribution is -0.119. The summed E-state index contributed by atoms with van der Waals surface area (Å²) in [7, 11) is 0.353. The van der Waals surface area contributed by atoms with Gasteiger partial charge in [-0.1, -0.05) is 13.0 Å². The number of primary amides is 1. The van der Waals surface area contributed by atoms with Gasteiger partial charge in [-0.15, -0.1) is 0 Å². The first-order chi connectivity index (χ1) is 20.5. The van der Waals surface area contributed by atoms with E-state index in [-0.39, 0.29) is 47.5 Å². The molecule has 2 fully saturated rings. The highest BCUT2D eigenvalue weighted by Crippen LogP contribution is 2.62. The molecule has 0 heterocycles. The molecule has 0 radical (unpaired) electrons. The fourth-order valence-electron chi connectivity index (χ4n) is 7.71. The van der Waals surface area contributed by atoms with Gasteiger partial charge in [-0.2, -0.15) is 0 Å². The molecule has 2 aromatic carbocycles. The molecule has 0 aromatic heterocycles. The molecule has 4 N–H and O–H groups in total. The largest absolute Gasteiger partial charge is 0.529 e. The van der Waals surface area contributed by atoms with Gasteiger partial charge in [-0.3, -0.25) is 18.6 Å². The second-order valence-corrected chi connectivity index (χ2v) is 13.7. The smallest absolute Gasteiger partial charge is 0.505 e. The molecule has 2 amide bonds. The van der Waals surface area contributed by atoms with E-state index in [1.165, 1.54) is 44.6 Å². The van der Waals surface area contributed by atoms with Crippen LogP contribution in [0.25, 0.3) is 0 Å². The maximum absolute atomic E-state index is 12.7. The van der Waals surface area contributed by atoms with E-state index in [4.69, 9.17) is 28.8 Å². The van der Waals surface area contributed by atoms with Gasteiger partial charge in [0.1, 0.15) is 17.1 Å². The van der Waals surface area contributed by atoms with Crippen LogP contribution >= 0.6 is 7.82 Å². The van der Waals surface area contributed by atoms with Crippen LogP contribution in [-0.2, 0) is 29.6 Å². The van der Waals surface area contributed by atoms with Crippen molar-refractivity contribution in [1.29, 1.82) is 0 Å². The quantitative estimate of drug-likeness (QED) is 0.218. The predicted molar refractivity (Wildman–Crippen MR) is 159 cm³/mol. The van der Waals surface area contributed by atoms with Crippen molar-refractivity contribution in [2.75, 3.05) is 33.3 Å². The second kappa shape index (κ2) is 12.5. The molecule has 0 saturated heterocycles. The van der Waals surface area contributed by atoms with Crippen molar-refractivity contribution < 1.29 is 42.3 Å². The summed E-state index contributed by atoms with van der Waals surface area (Å²) >= 11 is 0. The number of amides is 2. The lowest BCUT2D eigenvalue weighted by Gasteiger charge is -2.50. The number of phenols is 1. The Morgan fingerprint density at radius 3 is 2.56 bits per heavy atom. The van der Waals surface area contributed by atoms with Crippen molar-refractivity contribution >= 4 is 25.3 Å². The Labute approximate surface area is 252 Å². The predicted octanol–water partition coefficient (Wildman–Crippen LogP) is 5.55. The topological polar surface area (TPSA) is 156 Å². The van der Waals surface area contributed by atoms with E-state index < -0.39 is 19.5 Å². The second-order valence-electron chi connectivity index (χ2n) is 11.9. The van der Waals surface area contributed by atoms with Crippen LogP contribution in [0, 0.1) is 17.3 Å². The zero-order valence-corrected chi connectivity index (χ0v) is 26.0. The molecule has 5 unspecified atom stereocenters. The highest BCUT2D eigenvalue weighted by molar-refractivity contribution is 7.48. The van der Waals surface area contributed by atoms with E-state index in [2.05, 4.69) is 18.3 Å². The van der Waals surface area contributed by atoms with Crippen molar-refractivity contribution in [1.82, 2.24) is 0 Å². The molecule has 234 valence electrons. The van der Waals surface area contributed by atoms with Crippen molar-refractivity contribution in [3.63, 3.8) is 0 Å². The first-order valence-electron chi connectivity index (χ1n) is 14.7. The summed E-state index contributed by atoms with van der Waals surface area (Å²) in [6, 6.07) is 8.86. The van der Waals surface area contributed by atoms with Crippen LogP contribution in [0.15, 0.2) is 30.3 Å². The molecule has 2 aromatic rings. The molecule has 0 spiro atoms. The number of phosphoric ester groups is 1. The van der Waals surface area contributed by atoms with E-state index in [9.17, 15) is 19.3 Å². The Balaban J connectivity index is 1.19. The number of hydrogen-bond acceptors (Lipinski definition) is 9. The molecule has 0 bridgehead atoms. The van der Waals surface area contributed by atoms with Gasteiger partial charge in [-0.05, 0) is 97.1 Å². The number of aromatic hydroxyl groups is 1. The highest BCUT2D eigenvalue weighted by atomic mass is 31.2. The van der Waals surface area contributed by atoms with E-state index in [1.807, 2.05) is 12.1 Å². The Hall–Kier alpha value is -3.11. The third-order valence-corrected chi connectivity index (χ3v) is 11.1. The van der Waals surface area contributed by atoms with Crippen molar-refractivity contribution in [3.05, 3.63) is 47.0 Å². The maximum atomic E-state index is 12.7. The average Bonchev–Trinajstić information content (AvgIpc) is 3.33. The number of hydrogen-bond donors (Lipinski definition) is 3. The molecule has 12 heteroatoms. The fourth-order valence-corrected chi connectivity index (χ4v) is 8.38. The van der Waals surface area contributed by atoms with Crippen LogP contribution in [0.5, 0.6) is 17.2 Å². The Morgan fingerprint density at radius 2 is 1.86 bits per heavy atom. The molecule has 2 saturated carbocycles. The van der Waals surface area contributed by atoms with Crippen LogP contribution in [0.2, 0.25) is 0 Å². The highest BCUT2D eigenvalue weighted by Gasteiger charge is 2.55. The molecule has 3 aliphatic carbocycles. The van der Waals surface area contributed by atoms with E-state index >= 15 is 0 Å². The summed E-state index contributed by atoms with van der Waals surface area (Å²) in [5.74, 6) is 0.541. The zero-order chi connectivity index (χ0) is 30.9. The first-order valence-corrected chi connectivity index (χ1v) is 16.1.